The highest BCUT2D eigenvalue weighted by Crippen LogP contribution is 2.62. The summed E-state index contributed by atoms with van der Waals surface area (Å²) in [5.74, 6) is 0.976. The second-order valence-corrected chi connectivity index (χ2v) is 11.0. The van der Waals surface area contributed by atoms with Crippen molar-refractivity contribution in [2.24, 2.45) is 17.3 Å². The number of carbonyl (C=O) groups is 1. The fraction of sp³-hybridized carbons (Fsp3) is 0.650. The lowest BCUT2D eigenvalue weighted by Crippen LogP contribution is -2.56. The fourth-order valence-corrected chi connectivity index (χ4v) is 7.23. The van der Waals surface area contributed by atoms with Crippen LogP contribution in [-0.4, -0.2) is 32.1 Å². The third-order valence-electron chi connectivity index (χ3n) is 6.72. The van der Waals surface area contributed by atoms with Gasteiger partial charge in [-0.1, -0.05) is 6.07 Å². The Labute approximate surface area is 160 Å². The molecule has 0 radical (unpaired) electrons. The summed E-state index contributed by atoms with van der Waals surface area (Å²) in [6.07, 6.45) is 6.11. The summed E-state index contributed by atoms with van der Waals surface area (Å²) in [7, 11) is -2.20. The van der Waals surface area contributed by atoms with Crippen molar-refractivity contribution in [3.63, 3.8) is 0 Å². The smallest absolute Gasteiger partial charge is 0.240 e. The molecular formula is C20H28N2O4S. The van der Waals surface area contributed by atoms with Crippen molar-refractivity contribution in [3.8, 4) is 0 Å². The number of benzene rings is 1. The van der Waals surface area contributed by atoms with Crippen LogP contribution in [0.2, 0.25) is 0 Å². The molecule has 4 saturated carbocycles. The highest BCUT2D eigenvalue weighted by molar-refractivity contribution is 7.89. The predicted octanol–water partition coefficient (Wildman–Crippen LogP) is 2.56. The van der Waals surface area contributed by atoms with E-state index in [1.165, 1.54) is 19.5 Å². The number of nitrogens with one attached hydrogen (secondary N) is 2. The minimum atomic E-state index is -3.57. The van der Waals surface area contributed by atoms with Gasteiger partial charge in [0.25, 0.3) is 0 Å². The monoisotopic (exact) mass is 392 g/mol. The lowest BCUT2D eigenvalue weighted by molar-refractivity contribution is -0.167. The Kier molecular flexibility index (Phi) is 4.40. The molecule has 4 bridgehead atoms. The van der Waals surface area contributed by atoms with Crippen molar-refractivity contribution in [2.45, 2.75) is 62.4 Å². The van der Waals surface area contributed by atoms with Crippen LogP contribution >= 0.6 is 0 Å². The first-order chi connectivity index (χ1) is 12.6. The number of rotatable bonds is 5. The second-order valence-electron chi connectivity index (χ2n) is 9.10. The summed E-state index contributed by atoms with van der Waals surface area (Å²) in [5.41, 5.74) is 0.434. The third kappa shape index (κ3) is 3.52. The Morgan fingerprint density at radius 1 is 1.22 bits per heavy atom. The molecule has 1 aromatic carbocycles. The van der Waals surface area contributed by atoms with E-state index >= 15 is 0 Å². The molecule has 5 rings (SSSR count). The minimum Gasteiger partial charge on any atom is -0.390 e. The van der Waals surface area contributed by atoms with Gasteiger partial charge in [0.2, 0.25) is 15.9 Å². The number of hydrogen-bond acceptors (Lipinski definition) is 4. The first-order valence-electron chi connectivity index (χ1n) is 9.69. The van der Waals surface area contributed by atoms with E-state index in [1.807, 2.05) is 0 Å². The Morgan fingerprint density at radius 3 is 2.48 bits per heavy atom. The average Bonchev–Trinajstić information content (AvgIpc) is 2.53. The molecule has 0 heterocycles. The number of anilines is 1. The van der Waals surface area contributed by atoms with Crippen LogP contribution in [0.4, 0.5) is 5.69 Å². The Balaban J connectivity index is 1.50. The summed E-state index contributed by atoms with van der Waals surface area (Å²) >= 11 is 0. The van der Waals surface area contributed by atoms with Crippen molar-refractivity contribution >= 4 is 21.6 Å². The number of aryl methyl sites for hydroxylation is 1. The van der Waals surface area contributed by atoms with E-state index in [9.17, 15) is 18.3 Å². The Hall–Kier alpha value is -1.44. The van der Waals surface area contributed by atoms with Crippen LogP contribution in [0.25, 0.3) is 0 Å². The largest absolute Gasteiger partial charge is 0.390 e. The molecule has 2 unspecified atom stereocenters. The second kappa shape index (κ2) is 6.29. The normalized spacial score (nSPS) is 34.6. The Bertz CT molecular complexity index is 866. The molecule has 2 atom stereocenters. The van der Waals surface area contributed by atoms with Gasteiger partial charge in [0.1, 0.15) is 0 Å². The number of sulfonamides is 1. The molecule has 7 heteroatoms. The van der Waals surface area contributed by atoms with Crippen LogP contribution in [0.15, 0.2) is 23.1 Å². The molecule has 148 valence electrons. The molecule has 0 saturated heterocycles. The van der Waals surface area contributed by atoms with Gasteiger partial charge >= 0.3 is 0 Å². The minimum absolute atomic E-state index is 0.0998. The summed E-state index contributed by atoms with van der Waals surface area (Å²) in [4.78, 5) is 12.9. The van der Waals surface area contributed by atoms with Crippen LogP contribution in [0, 0.1) is 24.2 Å². The molecule has 0 aliphatic heterocycles. The van der Waals surface area contributed by atoms with E-state index in [2.05, 4.69) is 10.0 Å². The number of aliphatic hydroxyl groups is 1. The standard InChI is InChI=1S/C20H28N2O4S/c1-13-3-4-16(6-17(13)27(25,26)21-2)22-18(23)11-19-7-14-5-15(8-19)10-20(24,9-14)12-19/h3-4,6,14-15,21,24H,5,7-12H2,1-2H3,(H,22,23). The fourth-order valence-electron chi connectivity index (χ4n) is 6.23. The van der Waals surface area contributed by atoms with Gasteiger partial charge in [0.05, 0.1) is 10.5 Å². The van der Waals surface area contributed by atoms with Gasteiger partial charge < -0.3 is 10.4 Å². The molecular weight excluding hydrogens is 364 g/mol. The van der Waals surface area contributed by atoms with E-state index in [1.54, 1.807) is 19.1 Å². The summed E-state index contributed by atoms with van der Waals surface area (Å²) in [5, 5.41) is 13.7. The highest BCUT2D eigenvalue weighted by Gasteiger charge is 2.57. The maximum atomic E-state index is 12.8. The van der Waals surface area contributed by atoms with Crippen molar-refractivity contribution in [2.75, 3.05) is 12.4 Å². The maximum Gasteiger partial charge on any atom is 0.240 e. The van der Waals surface area contributed by atoms with Crippen molar-refractivity contribution in [1.29, 1.82) is 0 Å². The van der Waals surface area contributed by atoms with Gasteiger partial charge in [0, 0.05) is 12.1 Å². The predicted molar refractivity (Wildman–Crippen MR) is 103 cm³/mol. The van der Waals surface area contributed by atoms with Crippen molar-refractivity contribution in [3.05, 3.63) is 23.8 Å². The molecule has 3 N–H and O–H groups in total. The first kappa shape index (κ1) is 18.9. The van der Waals surface area contributed by atoms with Gasteiger partial charge in [-0.05, 0) is 87.4 Å². The van der Waals surface area contributed by atoms with Crippen LogP contribution in [0.3, 0.4) is 0 Å². The SMILES string of the molecule is CNS(=O)(=O)c1cc(NC(=O)CC23CC4CC(CC(O)(C4)C2)C3)ccc1C. The van der Waals surface area contributed by atoms with Gasteiger partial charge in [-0.3, -0.25) is 4.79 Å². The van der Waals surface area contributed by atoms with E-state index in [0.29, 0.717) is 35.9 Å². The zero-order chi connectivity index (χ0) is 19.4. The van der Waals surface area contributed by atoms with Gasteiger partial charge in [-0.25, -0.2) is 13.1 Å². The number of hydrogen-bond donors (Lipinski definition) is 3. The Morgan fingerprint density at radius 2 is 1.89 bits per heavy atom. The molecule has 0 aromatic heterocycles. The van der Waals surface area contributed by atoms with Crippen LogP contribution in [-0.2, 0) is 14.8 Å². The zero-order valence-corrected chi connectivity index (χ0v) is 16.7. The van der Waals surface area contributed by atoms with E-state index in [0.717, 1.165) is 25.7 Å². The van der Waals surface area contributed by atoms with Crippen LogP contribution in [0.1, 0.15) is 50.5 Å². The van der Waals surface area contributed by atoms with E-state index in [4.69, 9.17) is 0 Å². The lowest BCUT2D eigenvalue weighted by Gasteiger charge is -2.60. The number of amides is 1. The van der Waals surface area contributed by atoms with Crippen LogP contribution < -0.4 is 10.0 Å². The molecule has 4 aliphatic rings. The maximum absolute atomic E-state index is 12.8. The molecule has 6 nitrogen and oxygen atoms in total. The molecule has 1 amide bonds. The van der Waals surface area contributed by atoms with E-state index in [-0.39, 0.29) is 16.2 Å². The lowest BCUT2D eigenvalue weighted by atomic mass is 9.47. The zero-order valence-electron chi connectivity index (χ0n) is 15.9. The molecule has 0 spiro atoms. The van der Waals surface area contributed by atoms with Gasteiger partial charge in [-0.2, -0.15) is 0 Å². The topological polar surface area (TPSA) is 95.5 Å². The van der Waals surface area contributed by atoms with Crippen LogP contribution in [0.5, 0.6) is 0 Å². The third-order valence-corrected chi connectivity index (χ3v) is 8.27. The molecule has 4 aliphatic carbocycles. The highest BCUT2D eigenvalue weighted by atomic mass is 32.2. The summed E-state index contributed by atoms with van der Waals surface area (Å²) in [6, 6.07) is 4.94. The first-order valence-corrected chi connectivity index (χ1v) is 11.2. The van der Waals surface area contributed by atoms with Crippen molar-refractivity contribution < 1.29 is 18.3 Å². The molecule has 4 fully saturated rings. The quantitative estimate of drug-likeness (QED) is 0.718. The van der Waals surface area contributed by atoms with E-state index < -0.39 is 15.6 Å². The average molecular weight is 393 g/mol. The molecule has 1 aromatic rings. The van der Waals surface area contributed by atoms with Gasteiger partial charge in [0.15, 0.2) is 0 Å². The number of carbonyl (C=O) groups excluding carboxylic acids is 1. The molecule has 27 heavy (non-hydrogen) atoms. The van der Waals surface area contributed by atoms with Gasteiger partial charge in [-0.15, -0.1) is 0 Å². The van der Waals surface area contributed by atoms with Crippen molar-refractivity contribution in [1.82, 2.24) is 4.72 Å². The summed E-state index contributed by atoms with van der Waals surface area (Å²) in [6.45, 7) is 1.73. The summed E-state index contributed by atoms with van der Waals surface area (Å²) < 4.78 is 26.6.